The Hall–Kier alpha value is -2.08. The number of rotatable bonds is 1. The maximum Gasteiger partial charge on any atom is 0.171 e. The number of pyridine rings is 2. The molecule has 84 valence electrons. The first-order chi connectivity index (χ1) is 8.22. The van der Waals surface area contributed by atoms with Crippen LogP contribution in [0.3, 0.4) is 0 Å². The van der Waals surface area contributed by atoms with Crippen molar-refractivity contribution in [1.82, 2.24) is 15.0 Å². The van der Waals surface area contributed by atoms with Crippen LogP contribution in [-0.2, 0) is 0 Å². The van der Waals surface area contributed by atoms with E-state index < -0.39 is 0 Å². The molecule has 6 heteroatoms. The van der Waals surface area contributed by atoms with Crippen molar-refractivity contribution >= 4 is 27.4 Å². The largest absolute Gasteiger partial charge is 0.397 e. The second-order valence-corrected chi connectivity index (χ2v) is 4.53. The predicted octanol–water partition coefficient (Wildman–Crippen LogP) is 2.47. The van der Waals surface area contributed by atoms with Gasteiger partial charge in [-0.05, 0) is 12.1 Å². The molecule has 0 bridgehead atoms. The normalized spacial score (nSPS) is 10.9. The maximum atomic E-state index is 13.1. The summed E-state index contributed by atoms with van der Waals surface area (Å²) in [5.74, 6) is -0.380. The van der Waals surface area contributed by atoms with Gasteiger partial charge in [0.05, 0.1) is 22.8 Å². The lowest BCUT2D eigenvalue weighted by atomic mass is 10.3. The zero-order valence-electron chi connectivity index (χ0n) is 8.59. The fourth-order valence-electron chi connectivity index (χ4n) is 1.49. The number of halogens is 1. The molecular weight excluding hydrogens is 239 g/mol. The maximum absolute atomic E-state index is 13.1. The van der Waals surface area contributed by atoms with E-state index >= 15 is 0 Å². The smallest absolute Gasteiger partial charge is 0.171 e. The van der Waals surface area contributed by atoms with Crippen molar-refractivity contribution in [2.24, 2.45) is 0 Å². The van der Waals surface area contributed by atoms with Gasteiger partial charge in [-0.2, -0.15) is 0 Å². The van der Waals surface area contributed by atoms with Gasteiger partial charge in [0.15, 0.2) is 5.65 Å². The molecule has 0 radical (unpaired) electrons. The molecule has 0 amide bonds. The second kappa shape index (κ2) is 3.74. The molecule has 17 heavy (non-hydrogen) atoms. The van der Waals surface area contributed by atoms with Gasteiger partial charge in [-0.3, -0.25) is 4.98 Å². The van der Waals surface area contributed by atoms with Gasteiger partial charge in [-0.1, -0.05) is 0 Å². The molecule has 0 aliphatic carbocycles. The number of nitrogens with zero attached hydrogens (tertiary/aromatic N) is 3. The van der Waals surface area contributed by atoms with Crippen LogP contribution >= 0.6 is 11.3 Å². The Morgan fingerprint density at radius 1 is 1.18 bits per heavy atom. The van der Waals surface area contributed by atoms with Gasteiger partial charge in [-0.15, -0.1) is 11.3 Å². The fourth-order valence-corrected chi connectivity index (χ4v) is 2.44. The third kappa shape index (κ3) is 1.83. The zero-order valence-corrected chi connectivity index (χ0v) is 9.41. The zero-order chi connectivity index (χ0) is 11.8. The van der Waals surface area contributed by atoms with Crippen LogP contribution in [-0.4, -0.2) is 15.0 Å². The monoisotopic (exact) mass is 246 g/mol. The van der Waals surface area contributed by atoms with E-state index in [9.17, 15) is 4.39 Å². The van der Waals surface area contributed by atoms with Crippen molar-refractivity contribution in [1.29, 1.82) is 0 Å². The molecule has 3 aromatic rings. The van der Waals surface area contributed by atoms with Crippen LogP contribution in [0.5, 0.6) is 0 Å². The van der Waals surface area contributed by atoms with Crippen LogP contribution in [0.25, 0.3) is 20.9 Å². The highest BCUT2D eigenvalue weighted by Gasteiger charge is 2.08. The third-order valence-corrected chi connectivity index (χ3v) is 3.26. The summed E-state index contributed by atoms with van der Waals surface area (Å²) in [7, 11) is 0. The molecular formula is C11H7FN4S. The average Bonchev–Trinajstić information content (AvgIpc) is 2.72. The van der Waals surface area contributed by atoms with Gasteiger partial charge in [0.25, 0.3) is 0 Å². The number of thiazole rings is 1. The van der Waals surface area contributed by atoms with Gasteiger partial charge >= 0.3 is 0 Å². The molecule has 0 aliphatic heterocycles. The molecule has 2 N–H and O–H groups in total. The molecule has 0 spiro atoms. The Bertz CT molecular complexity index is 695. The highest BCUT2D eigenvalue weighted by molar-refractivity contribution is 7.21. The Kier molecular flexibility index (Phi) is 2.22. The molecule has 0 saturated heterocycles. The van der Waals surface area contributed by atoms with Crippen LogP contribution in [0.2, 0.25) is 0 Å². The van der Waals surface area contributed by atoms with Crippen molar-refractivity contribution < 1.29 is 4.39 Å². The van der Waals surface area contributed by atoms with E-state index in [-0.39, 0.29) is 5.82 Å². The quantitative estimate of drug-likeness (QED) is 0.716. The van der Waals surface area contributed by atoms with Crippen molar-refractivity contribution in [3.63, 3.8) is 0 Å². The van der Waals surface area contributed by atoms with Crippen LogP contribution in [0.4, 0.5) is 10.1 Å². The molecule has 3 aromatic heterocycles. The van der Waals surface area contributed by atoms with E-state index in [4.69, 9.17) is 5.73 Å². The van der Waals surface area contributed by atoms with Gasteiger partial charge in [0, 0.05) is 11.8 Å². The molecule has 0 unspecified atom stereocenters. The standard InChI is InChI=1S/C11H7FN4S/c12-7-1-6(3-14-4-7)11-16-10-9(17-11)2-8(13)5-15-10/h1-5H,13H2. The lowest BCUT2D eigenvalue weighted by molar-refractivity contribution is 0.622. The second-order valence-electron chi connectivity index (χ2n) is 3.50. The van der Waals surface area contributed by atoms with Crippen LogP contribution < -0.4 is 5.73 Å². The summed E-state index contributed by atoms with van der Waals surface area (Å²) in [5, 5.41) is 0.685. The number of hydrogen-bond donors (Lipinski definition) is 1. The summed E-state index contributed by atoms with van der Waals surface area (Å²) in [6, 6.07) is 3.20. The van der Waals surface area contributed by atoms with E-state index in [1.807, 2.05) is 0 Å². The minimum Gasteiger partial charge on any atom is -0.397 e. The summed E-state index contributed by atoms with van der Waals surface area (Å²) in [5.41, 5.74) is 7.49. The number of nitrogens with two attached hydrogens (primary N) is 1. The van der Waals surface area contributed by atoms with Crippen molar-refractivity contribution in [2.75, 3.05) is 5.73 Å². The highest BCUT2D eigenvalue weighted by Crippen LogP contribution is 2.29. The third-order valence-electron chi connectivity index (χ3n) is 2.22. The number of nitrogen functional groups attached to an aromatic ring is 1. The van der Waals surface area contributed by atoms with Crippen LogP contribution in [0.1, 0.15) is 0 Å². The number of aromatic nitrogens is 3. The predicted molar refractivity (Wildman–Crippen MR) is 65.0 cm³/mol. The summed E-state index contributed by atoms with van der Waals surface area (Å²) in [6.45, 7) is 0. The molecule has 0 fully saturated rings. The van der Waals surface area contributed by atoms with E-state index in [2.05, 4.69) is 15.0 Å². The van der Waals surface area contributed by atoms with Crippen LogP contribution in [0, 0.1) is 5.82 Å². The van der Waals surface area contributed by atoms with Crippen molar-refractivity contribution in [3.8, 4) is 10.6 Å². The summed E-state index contributed by atoms with van der Waals surface area (Å²) in [4.78, 5) is 12.2. The van der Waals surface area contributed by atoms with E-state index in [0.717, 1.165) is 10.9 Å². The Morgan fingerprint density at radius 2 is 2.06 bits per heavy atom. The first-order valence-corrected chi connectivity index (χ1v) is 5.67. The van der Waals surface area contributed by atoms with Gasteiger partial charge in [-0.25, -0.2) is 14.4 Å². The van der Waals surface area contributed by atoms with Gasteiger partial charge in [0.1, 0.15) is 10.8 Å². The van der Waals surface area contributed by atoms with E-state index in [0.29, 0.717) is 21.9 Å². The molecule has 0 aliphatic rings. The SMILES string of the molecule is Nc1cnc2nc(-c3cncc(F)c3)sc2c1. The van der Waals surface area contributed by atoms with Crippen molar-refractivity contribution in [3.05, 3.63) is 36.5 Å². The Labute approximate surface area is 100.0 Å². The highest BCUT2D eigenvalue weighted by atomic mass is 32.1. The van der Waals surface area contributed by atoms with E-state index in [1.165, 1.54) is 17.4 Å². The first-order valence-electron chi connectivity index (χ1n) is 4.85. The van der Waals surface area contributed by atoms with Gasteiger partial charge in [0.2, 0.25) is 0 Å². The minimum absolute atomic E-state index is 0.380. The molecule has 4 nitrogen and oxygen atoms in total. The Morgan fingerprint density at radius 3 is 2.88 bits per heavy atom. The average molecular weight is 246 g/mol. The molecule has 0 saturated carbocycles. The minimum atomic E-state index is -0.380. The first kappa shape index (κ1) is 10.1. The fraction of sp³-hybridized carbons (Fsp3) is 0. The summed E-state index contributed by atoms with van der Waals surface area (Å²) >= 11 is 1.41. The topological polar surface area (TPSA) is 64.7 Å². The lowest BCUT2D eigenvalue weighted by Gasteiger charge is -1.93. The van der Waals surface area contributed by atoms with Gasteiger partial charge < -0.3 is 5.73 Å². The lowest BCUT2D eigenvalue weighted by Crippen LogP contribution is -1.85. The van der Waals surface area contributed by atoms with Crippen LogP contribution in [0.15, 0.2) is 30.7 Å². The molecule has 0 aromatic carbocycles. The summed E-state index contributed by atoms with van der Waals surface area (Å²) in [6.07, 6.45) is 4.28. The Balaban J connectivity index is 2.18. The number of fused-ring (bicyclic) bond motifs is 1. The molecule has 3 rings (SSSR count). The number of anilines is 1. The molecule has 0 atom stereocenters. The molecule has 3 heterocycles. The summed E-state index contributed by atoms with van der Waals surface area (Å²) < 4.78 is 13.9. The van der Waals surface area contributed by atoms with E-state index in [1.54, 1.807) is 18.5 Å². The van der Waals surface area contributed by atoms with Crippen molar-refractivity contribution in [2.45, 2.75) is 0 Å². The number of hydrogen-bond acceptors (Lipinski definition) is 5.